The molecular formula is C21H23N5OS2. The van der Waals surface area contributed by atoms with Crippen LogP contribution in [0, 0.1) is 6.92 Å². The van der Waals surface area contributed by atoms with Gasteiger partial charge >= 0.3 is 0 Å². The molecule has 0 fully saturated rings. The van der Waals surface area contributed by atoms with Crippen molar-refractivity contribution in [2.45, 2.75) is 44.2 Å². The van der Waals surface area contributed by atoms with Crippen molar-refractivity contribution in [1.29, 1.82) is 0 Å². The van der Waals surface area contributed by atoms with Crippen LogP contribution < -0.4 is 10.6 Å². The van der Waals surface area contributed by atoms with E-state index in [0.29, 0.717) is 22.7 Å². The van der Waals surface area contributed by atoms with Crippen molar-refractivity contribution >= 4 is 33.3 Å². The van der Waals surface area contributed by atoms with E-state index in [1.165, 1.54) is 26.7 Å². The van der Waals surface area contributed by atoms with Crippen molar-refractivity contribution < 1.29 is 4.74 Å². The molecule has 0 unspecified atom stereocenters. The Morgan fingerprint density at radius 2 is 2.00 bits per heavy atom. The van der Waals surface area contributed by atoms with Crippen molar-refractivity contribution in [3.8, 4) is 5.75 Å². The summed E-state index contributed by atoms with van der Waals surface area (Å²) in [6.07, 6.45) is 0. The summed E-state index contributed by atoms with van der Waals surface area (Å²) in [5.74, 6) is 8.74. The van der Waals surface area contributed by atoms with E-state index in [1.54, 1.807) is 11.3 Å². The maximum atomic E-state index is 6.21. The average molecular weight is 426 g/mol. The highest BCUT2D eigenvalue weighted by atomic mass is 32.2. The van der Waals surface area contributed by atoms with Crippen LogP contribution in [0.2, 0.25) is 0 Å². The minimum absolute atomic E-state index is 0.272. The van der Waals surface area contributed by atoms with Gasteiger partial charge in [0.1, 0.15) is 17.4 Å². The minimum Gasteiger partial charge on any atom is -0.485 e. The summed E-state index contributed by atoms with van der Waals surface area (Å²) in [7, 11) is 0. The molecule has 0 amide bonds. The quantitative estimate of drug-likeness (QED) is 0.335. The monoisotopic (exact) mass is 425 g/mol. The van der Waals surface area contributed by atoms with Gasteiger partial charge in [-0.2, -0.15) is 0 Å². The van der Waals surface area contributed by atoms with E-state index in [-0.39, 0.29) is 6.61 Å². The molecular weight excluding hydrogens is 402 g/mol. The number of nitrogen functional groups attached to an aromatic ring is 1. The topological polar surface area (TPSA) is 78.9 Å². The second kappa shape index (κ2) is 8.42. The van der Waals surface area contributed by atoms with Crippen molar-refractivity contribution in [2.75, 3.05) is 5.84 Å². The lowest BCUT2D eigenvalue weighted by atomic mass is 10.0. The fourth-order valence-electron chi connectivity index (χ4n) is 3.00. The standard InChI is InChI=1S/C21H23N5OS2/c1-13(2)15-9-8-14(3)10-17(15)27-11-19-24-25-21(26(19)22)28-12-20-23-16-6-4-5-7-18(16)29-20/h4-10,13H,11-12,22H2,1-3H3. The highest BCUT2D eigenvalue weighted by Gasteiger charge is 2.14. The molecule has 29 heavy (non-hydrogen) atoms. The fraction of sp³-hybridized carbons (Fsp3) is 0.286. The molecule has 0 saturated heterocycles. The second-order valence-corrected chi connectivity index (χ2v) is 9.18. The van der Waals surface area contributed by atoms with Crippen LogP contribution in [0.1, 0.15) is 41.7 Å². The molecule has 150 valence electrons. The van der Waals surface area contributed by atoms with Gasteiger partial charge in [-0.25, -0.2) is 9.66 Å². The van der Waals surface area contributed by atoms with E-state index < -0.39 is 0 Å². The Labute approximate surface area is 178 Å². The normalized spacial score (nSPS) is 11.4. The van der Waals surface area contributed by atoms with Crippen LogP contribution in [-0.2, 0) is 12.4 Å². The number of benzene rings is 2. The first-order chi connectivity index (χ1) is 14.0. The molecule has 0 radical (unpaired) electrons. The number of nitrogens with two attached hydrogens (primary N) is 1. The highest BCUT2D eigenvalue weighted by Crippen LogP contribution is 2.29. The highest BCUT2D eigenvalue weighted by molar-refractivity contribution is 7.98. The van der Waals surface area contributed by atoms with Crippen LogP contribution in [0.25, 0.3) is 10.2 Å². The average Bonchev–Trinajstić information content (AvgIpc) is 3.27. The smallest absolute Gasteiger partial charge is 0.210 e. The lowest BCUT2D eigenvalue weighted by molar-refractivity contribution is 0.287. The Balaban J connectivity index is 1.43. The first kappa shape index (κ1) is 19.7. The van der Waals surface area contributed by atoms with Gasteiger partial charge < -0.3 is 10.6 Å². The zero-order chi connectivity index (χ0) is 20.4. The third-order valence-electron chi connectivity index (χ3n) is 4.55. The Hall–Kier alpha value is -2.58. The third kappa shape index (κ3) is 4.38. The van der Waals surface area contributed by atoms with Crippen molar-refractivity contribution in [3.63, 3.8) is 0 Å². The predicted molar refractivity (Wildman–Crippen MR) is 119 cm³/mol. The summed E-state index contributed by atoms with van der Waals surface area (Å²) < 4.78 is 8.73. The van der Waals surface area contributed by atoms with Gasteiger partial charge in [0.15, 0.2) is 5.82 Å². The number of thioether (sulfide) groups is 1. The third-order valence-corrected chi connectivity index (χ3v) is 6.72. The van der Waals surface area contributed by atoms with Gasteiger partial charge in [-0.1, -0.05) is 49.9 Å². The summed E-state index contributed by atoms with van der Waals surface area (Å²) in [6.45, 7) is 6.63. The molecule has 2 heterocycles. The van der Waals surface area contributed by atoms with Gasteiger partial charge in [-0.15, -0.1) is 21.5 Å². The van der Waals surface area contributed by atoms with E-state index >= 15 is 0 Å². The van der Waals surface area contributed by atoms with Crippen LogP contribution in [-0.4, -0.2) is 19.9 Å². The largest absolute Gasteiger partial charge is 0.485 e. The molecule has 6 nitrogen and oxygen atoms in total. The number of aryl methyl sites for hydroxylation is 1. The number of hydrogen-bond donors (Lipinski definition) is 1. The van der Waals surface area contributed by atoms with E-state index in [2.05, 4.69) is 60.2 Å². The Kier molecular flexibility index (Phi) is 5.73. The lowest BCUT2D eigenvalue weighted by Crippen LogP contribution is -2.16. The molecule has 0 atom stereocenters. The Bertz CT molecular complexity index is 1100. The van der Waals surface area contributed by atoms with Crippen molar-refractivity contribution in [2.24, 2.45) is 0 Å². The van der Waals surface area contributed by atoms with Gasteiger partial charge in [0.2, 0.25) is 5.16 Å². The number of para-hydroxylation sites is 1. The molecule has 0 aliphatic rings. The molecule has 2 N–H and O–H groups in total. The summed E-state index contributed by atoms with van der Waals surface area (Å²) in [5, 5.41) is 10.1. The Morgan fingerprint density at radius 3 is 2.79 bits per heavy atom. The van der Waals surface area contributed by atoms with E-state index in [0.717, 1.165) is 21.8 Å². The SMILES string of the molecule is Cc1ccc(C(C)C)c(OCc2nnc(SCc3nc4ccccc4s3)n2N)c1. The molecule has 8 heteroatoms. The first-order valence-corrected chi connectivity index (χ1v) is 11.2. The van der Waals surface area contributed by atoms with E-state index in [1.807, 2.05) is 18.2 Å². The fourth-order valence-corrected chi connectivity index (χ4v) is 4.83. The molecule has 4 aromatic rings. The van der Waals surface area contributed by atoms with Crippen molar-refractivity contribution in [1.82, 2.24) is 19.9 Å². The van der Waals surface area contributed by atoms with Crippen LogP contribution in [0.3, 0.4) is 0 Å². The van der Waals surface area contributed by atoms with Crippen molar-refractivity contribution in [3.05, 3.63) is 64.4 Å². The molecule has 0 aliphatic carbocycles. The summed E-state index contributed by atoms with van der Waals surface area (Å²) in [6, 6.07) is 14.4. The van der Waals surface area contributed by atoms with E-state index in [4.69, 9.17) is 10.6 Å². The number of ether oxygens (including phenoxy) is 1. The number of aromatic nitrogens is 4. The number of fused-ring (bicyclic) bond motifs is 1. The molecule has 0 aliphatic heterocycles. The molecule has 4 rings (SSSR count). The lowest BCUT2D eigenvalue weighted by Gasteiger charge is -2.14. The van der Waals surface area contributed by atoms with Gasteiger partial charge in [0, 0.05) is 0 Å². The first-order valence-electron chi connectivity index (χ1n) is 9.41. The zero-order valence-corrected chi connectivity index (χ0v) is 18.3. The molecule has 0 saturated carbocycles. The molecule has 2 aromatic carbocycles. The van der Waals surface area contributed by atoms with Crippen LogP contribution in [0.15, 0.2) is 47.6 Å². The van der Waals surface area contributed by atoms with Crippen LogP contribution in [0.4, 0.5) is 0 Å². The number of rotatable bonds is 7. The van der Waals surface area contributed by atoms with Gasteiger partial charge in [0.25, 0.3) is 0 Å². The summed E-state index contributed by atoms with van der Waals surface area (Å²) in [5.41, 5.74) is 3.35. The summed E-state index contributed by atoms with van der Waals surface area (Å²) >= 11 is 3.21. The zero-order valence-electron chi connectivity index (χ0n) is 16.6. The minimum atomic E-state index is 0.272. The van der Waals surface area contributed by atoms with Gasteiger partial charge in [0.05, 0.1) is 16.0 Å². The number of nitrogens with zero attached hydrogens (tertiary/aromatic N) is 4. The Morgan fingerprint density at radius 1 is 1.17 bits per heavy atom. The number of hydrogen-bond acceptors (Lipinski definition) is 7. The predicted octanol–water partition coefficient (Wildman–Crippen LogP) is 4.90. The second-order valence-electron chi connectivity index (χ2n) is 7.12. The molecule has 2 aromatic heterocycles. The van der Waals surface area contributed by atoms with Crippen LogP contribution >= 0.6 is 23.1 Å². The van der Waals surface area contributed by atoms with Crippen LogP contribution in [0.5, 0.6) is 5.75 Å². The molecule has 0 spiro atoms. The van der Waals surface area contributed by atoms with Gasteiger partial charge in [-0.3, -0.25) is 0 Å². The maximum Gasteiger partial charge on any atom is 0.210 e. The maximum absolute atomic E-state index is 6.21. The van der Waals surface area contributed by atoms with Gasteiger partial charge in [-0.05, 0) is 42.2 Å². The summed E-state index contributed by atoms with van der Waals surface area (Å²) in [4.78, 5) is 4.65. The molecule has 0 bridgehead atoms. The van der Waals surface area contributed by atoms with E-state index in [9.17, 15) is 0 Å². The number of thiazole rings is 1.